The Morgan fingerprint density at radius 3 is 3.17 bits per heavy atom. The number of rotatable bonds is 1. The van der Waals surface area contributed by atoms with Crippen LogP contribution in [0.4, 0.5) is 0 Å². The van der Waals surface area contributed by atoms with E-state index >= 15 is 0 Å². The molecule has 1 aliphatic carbocycles. The molecule has 2 atom stereocenters. The van der Waals surface area contributed by atoms with Crippen LogP contribution in [0.2, 0.25) is 0 Å². The van der Waals surface area contributed by atoms with E-state index in [1.54, 1.807) is 5.37 Å². The number of hydrogen-bond donors (Lipinski definition) is 0. The van der Waals surface area contributed by atoms with Crippen LogP contribution in [0.15, 0.2) is 29.5 Å². The largest absolute Gasteiger partial charge is 0.395 e. The molecule has 62 valence electrons. The molecule has 0 radical (unpaired) electrons. The summed E-state index contributed by atoms with van der Waals surface area (Å²) in [5, 5.41) is 5.55. The first-order chi connectivity index (χ1) is 5.87. The molecule has 0 aromatic heterocycles. The van der Waals surface area contributed by atoms with Crippen molar-refractivity contribution < 1.29 is 4.84 Å². The zero-order valence-electron chi connectivity index (χ0n) is 6.51. The van der Waals surface area contributed by atoms with Gasteiger partial charge < -0.3 is 4.84 Å². The monoisotopic (exact) mass is 179 g/mol. The van der Waals surface area contributed by atoms with E-state index in [-0.39, 0.29) is 11.3 Å². The van der Waals surface area contributed by atoms with E-state index in [9.17, 15) is 0 Å². The summed E-state index contributed by atoms with van der Waals surface area (Å²) >= 11 is 4.95. The van der Waals surface area contributed by atoms with Gasteiger partial charge in [-0.05, 0) is 5.37 Å². The van der Waals surface area contributed by atoms with E-state index < -0.39 is 0 Å². The Hall–Kier alpha value is -0.960. The van der Waals surface area contributed by atoms with Gasteiger partial charge in [0.2, 0.25) is 0 Å². The van der Waals surface area contributed by atoms with Crippen LogP contribution in [0.3, 0.4) is 0 Å². The van der Waals surface area contributed by atoms with Gasteiger partial charge in [-0.2, -0.15) is 0 Å². The van der Waals surface area contributed by atoms with Crippen LogP contribution in [0.1, 0.15) is 0 Å². The summed E-state index contributed by atoms with van der Waals surface area (Å²) in [4.78, 5) is 4.99. The van der Waals surface area contributed by atoms with Crippen molar-refractivity contribution in [2.45, 2.75) is 0 Å². The molecule has 12 heavy (non-hydrogen) atoms. The summed E-state index contributed by atoms with van der Waals surface area (Å²) in [6.07, 6.45) is 10.0. The van der Waals surface area contributed by atoms with Crippen LogP contribution < -0.4 is 0 Å². The Morgan fingerprint density at radius 1 is 1.58 bits per heavy atom. The Kier molecular flexibility index (Phi) is 1.81. The first-order valence-corrected chi connectivity index (χ1v) is 4.32. The molecule has 2 nitrogen and oxygen atoms in total. The zero-order chi connectivity index (χ0) is 8.44. The van der Waals surface area contributed by atoms with Gasteiger partial charge in [-0.15, -0.1) is 0 Å². The van der Waals surface area contributed by atoms with Gasteiger partial charge in [0.25, 0.3) is 0 Å². The van der Waals surface area contributed by atoms with Crippen molar-refractivity contribution in [3.05, 3.63) is 24.3 Å². The fourth-order valence-electron chi connectivity index (χ4n) is 1.48. The molecule has 0 amide bonds. The summed E-state index contributed by atoms with van der Waals surface area (Å²) < 4.78 is 0. The molecule has 1 heterocycles. The predicted molar refractivity (Wildman–Crippen MR) is 52.3 cm³/mol. The lowest BCUT2D eigenvalue weighted by molar-refractivity contribution is 0.130. The fourth-order valence-corrected chi connectivity index (χ4v) is 1.82. The maximum atomic E-state index is 4.99. The maximum absolute atomic E-state index is 4.99. The van der Waals surface area contributed by atoms with Gasteiger partial charge in [0.1, 0.15) is 6.61 Å². The summed E-state index contributed by atoms with van der Waals surface area (Å²) in [5.74, 6) is 0.240. The van der Waals surface area contributed by atoms with E-state index in [0.717, 1.165) is 0 Å². The number of hydrogen-bond acceptors (Lipinski definition) is 3. The van der Waals surface area contributed by atoms with Gasteiger partial charge in [-0.3, -0.25) is 0 Å². The van der Waals surface area contributed by atoms with Crippen LogP contribution in [-0.2, 0) is 4.84 Å². The Bertz CT molecular complexity index is 282. The van der Waals surface area contributed by atoms with Crippen LogP contribution in [0, 0.1) is 11.3 Å². The molecule has 2 unspecified atom stereocenters. The van der Waals surface area contributed by atoms with E-state index in [2.05, 4.69) is 17.3 Å². The molecule has 2 rings (SSSR count). The Balaban J connectivity index is 2.33. The molecular formula is C9H9NOS. The summed E-state index contributed by atoms with van der Waals surface area (Å²) in [6.45, 7) is 0.603. The highest BCUT2D eigenvalue weighted by atomic mass is 32.1. The summed E-state index contributed by atoms with van der Waals surface area (Å²) in [7, 11) is 0. The molecule has 0 N–H and O–H groups in total. The number of thiocarbonyl (C=S) groups is 1. The second kappa shape index (κ2) is 2.83. The molecule has 0 aromatic rings. The van der Waals surface area contributed by atoms with Crippen molar-refractivity contribution in [1.82, 2.24) is 0 Å². The Labute approximate surface area is 76.6 Å². The minimum absolute atomic E-state index is 0.101. The number of oxime groups is 1. The molecular weight excluding hydrogens is 170 g/mol. The highest BCUT2D eigenvalue weighted by Gasteiger charge is 2.37. The minimum Gasteiger partial charge on any atom is -0.395 e. The van der Waals surface area contributed by atoms with E-state index in [1.165, 1.54) is 0 Å². The quantitative estimate of drug-likeness (QED) is 0.572. The highest BCUT2D eigenvalue weighted by molar-refractivity contribution is 7.79. The predicted octanol–water partition coefficient (Wildman–Crippen LogP) is 1.73. The third-order valence-electron chi connectivity index (χ3n) is 2.29. The van der Waals surface area contributed by atoms with Crippen molar-refractivity contribution in [3.63, 3.8) is 0 Å². The van der Waals surface area contributed by atoms with E-state index in [4.69, 9.17) is 17.1 Å². The number of nitrogens with zero attached hydrogens (tertiary/aromatic N) is 1. The van der Waals surface area contributed by atoms with Gasteiger partial charge in [0.05, 0.1) is 11.6 Å². The van der Waals surface area contributed by atoms with Gasteiger partial charge in [-0.25, -0.2) is 0 Å². The van der Waals surface area contributed by atoms with Crippen molar-refractivity contribution >= 4 is 23.8 Å². The summed E-state index contributed by atoms with van der Waals surface area (Å²) in [6, 6.07) is 0. The van der Waals surface area contributed by atoms with Crippen molar-refractivity contribution in [3.8, 4) is 0 Å². The molecule has 0 bridgehead atoms. The van der Waals surface area contributed by atoms with Crippen molar-refractivity contribution in [2.75, 3.05) is 6.61 Å². The lowest BCUT2D eigenvalue weighted by Crippen LogP contribution is -2.32. The van der Waals surface area contributed by atoms with Crippen LogP contribution in [-0.4, -0.2) is 18.2 Å². The lowest BCUT2D eigenvalue weighted by atomic mass is 9.76. The van der Waals surface area contributed by atoms with Gasteiger partial charge in [0, 0.05) is 5.92 Å². The highest BCUT2D eigenvalue weighted by Crippen LogP contribution is 2.34. The lowest BCUT2D eigenvalue weighted by Gasteiger charge is -2.26. The molecule has 0 saturated heterocycles. The molecule has 0 saturated carbocycles. The van der Waals surface area contributed by atoms with E-state index in [0.29, 0.717) is 6.61 Å². The molecule has 0 fully saturated rings. The third-order valence-corrected chi connectivity index (χ3v) is 2.58. The third kappa shape index (κ3) is 1.01. The second-order valence-corrected chi connectivity index (χ2v) is 3.30. The molecule has 3 heteroatoms. The second-order valence-electron chi connectivity index (χ2n) is 3.03. The van der Waals surface area contributed by atoms with Crippen LogP contribution in [0.25, 0.3) is 0 Å². The van der Waals surface area contributed by atoms with Gasteiger partial charge in [0.15, 0.2) is 0 Å². The first-order valence-electron chi connectivity index (χ1n) is 3.85. The number of allylic oxidation sites excluding steroid dienone is 3. The molecule has 1 aliphatic heterocycles. The van der Waals surface area contributed by atoms with Gasteiger partial charge >= 0.3 is 0 Å². The average Bonchev–Trinajstić information content (AvgIpc) is 2.55. The van der Waals surface area contributed by atoms with Crippen molar-refractivity contribution in [1.29, 1.82) is 0 Å². The first kappa shape index (κ1) is 7.68. The van der Waals surface area contributed by atoms with Crippen LogP contribution in [0.5, 0.6) is 0 Å². The average molecular weight is 179 g/mol. The molecule has 1 spiro atoms. The van der Waals surface area contributed by atoms with Gasteiger partial charge in [-0.1, -0.05) is 41.7 Å². The summed E-state index contributed by atoms with van der Waals surface area (Å²) in [5.41, 5.74) is -0.101. The standard InChI is InChI=1S/C9H9NOS/c12-5-8-3-1-2-4-9(8)6-10-11-7-9/h1-6,8H,7H2. The van der Waals surface area contributed by atoms with Crippen molar-refractivity contribution in [2.24, 2.45) is 16.5 Å². The smallest absolute Gasteiger partial charge is 0.132 e. The molecule has 2 aliphatic rings. The maximum Gasteiger partial charge on any atom is 0.132 e. The zero-order valence-corrected chi connectivity index (χ0v) is 7.33. The van der Waals surface area contributed by atoms with Crippen LogP contribution >= 0.6 is 12.2 Å². The topological polar surface area (TPSA) is 21.6 Å². The molecule has 0 aromatic carbocycles. The van der Waals surface area contributed by atoms with E-state index in [1.807, 2.05) is 18.4 Å². The minimum atomic E-state index is -0.101. The SMILES string of the molecule is S=CC1C=CC=CC12C=NOC2. The Morgan fingerprint density at radius 2 is 2.50 bits per heavy atom. The fraction of sp³-hybridized carbons (Fsp3) is 0.333. The normalized spacial score (nSPS) is 37.2.